The average Bonchev–Trinajstić information content (AvgIpc) is 2.77. The van der Waals surface area contributed by atoms with Gasteiger partial charge in [-0.05, 0) is 31.2 Å². The van der Waals surface area contributed by atoms with Crippen molar-refractivity contribution in [3.8, 4) is 10.6 Å². The van der Waals surface area contributed by atoms with Gasteiger partial charge in [0, 0.05) is 22.5 Å². The number of benzene rings is 1. The fraction of sp³-hybridized carbons (Fsp3) is 0.308. The summed E-state index contributed by atoms with van der Waals surface area (Å²) in [6, 6.07) is 4.48. The van der Waals surface area contributed by atoms with E-state index in [0.717, 1.165) is 35.8 Å². The highest BCUT2D eigenvalue weighted by molar-refractivity contribution is 7.13. The van der Waals surface area contributed by atoms with E-state index in [4.69, 9.17) is 11.6 Å². The molecule has 5 heteroatoms. The molecule has 96 valence electrons. The van der Waals surface area contributed by atoms with Crippen molar-refractivity contribution in [3.63, 3.8) is 0 Å². The number of aromatic nitrogens is 1. The van der Waals surface area contributed by atoms with E-state index >= 15 is 0 Å². The fourth-order valence-electron chi connectivity index (χ4n) is 1.59. The van der Waals surface area contributed by atoms with Crippen molar-refractivity contribution in [2.24, 2.45) is 0 Å². The molecule has 0 unspecified atom stereocenters. The zero-order chi connectivity index (χ0) is 13.0. The van der Waals surface area contributed by atoms with Crippen LogP contribution in [0, 0.1) is 5.82 Å². The standard InChI is InChI=1S/C13H14ClFN2S/c1-2-3-16-7-12-8-18-13(17-12)9-4-10(14)6-11(15)5-9/h4-6,8,16H,2-3,7H2,1H3. The van der Waals surface area contributed by atoms with Crippen molar-refractivity contribution in [2.45, 2.75) is 19.9 Å². The van der Waals surface area contributed by atoms with Gasteiger partial charge in [-0.15, -0.1) is 11.3 Å². The first-order valence-electron chi connectivity index (χ1n) is 5.80. The van der Waals surface area contributed by atoms with Gasteiger partial charge in [0.1, 0.15) is 10.8 Å². The second-order valence-corrected chi connectivity index (χ2v) is 5.27. The molecule has 1 aromatic carbocycles. The predicted molar refractivity (Wildman–Crippen MR) is 74.5 cm³/mol. The topological polar surface area (TPSA) is 24.9 Å². The molecule has 0 saturated heterocycles. The number of nitrogens with one attached hydrogen (secondary N) is 1. The van der Waals surface area contributed by atoms with Crippen molar-refractivity contribution in [3.05, 3.63) is 40.1 Å². The fourth-order valence-corrected chi connectivity index (χ4v) is 2.62. The van der Waals surface area contributed by atoms with Crippen LogP contribution >= 0.6 is 22.9 Å². The highest BCUT2D eigenvalue weighted by atomic mass is 35.5. The van der Waals surface area contributed by atoms with Crippen LogP contribution in [0.2, 0.25) is 5.02 Å². The Morgan fingerprint density at radius 2 is 2.22 bits per heavy atom. The van der Waals surface area contributed by atoms with E-state index in [9.17, 15) is 4.39 Å². The van der Waals surface area contributed by atoms with Crippen molar-refractivity contribution in [2.75, 3.05) is 6.54 Å². The molecule has 0 atom stereocenters. The quantitative estimate of drug-likeness (QED) is 0.836. The second-order valence-electron chi connectivity index (χ2n) is 3.98. The molecule has 1 aromatic heterocycles. The Labute approximate surface area is 115 Å². The minimum Gasteiger partial charge on any atom is -0.311 e. The number of nitrogens with zero attached hydrogens (tertiary/aromatic N) is 1. The number of rotatable bonds is 5. The average molecular weight is 285 g/mol. The smallest absolute Gasteiger partial charge is 0.125 e. The van der Waals surface area contributed by atoms with Gasteiger partial charge in [-0.25, -0.2) is 9.37 Å². The monoisotopic (exact) mass is 284 g/mol. The molecule has 1 heterocycles. The van der Waals surface area contributed by atoms with E-state index < -0.39 is 0 Å². The van der Waals surface area contributed by atoms with Gasteiger partial charge in [0.2, 0.25) is 0 Å². The third kappa shape index (κ3) is 3.51. The number of halogens is 2. The van der Waals surface area contributed by atoms with Crippen LogP contribution in [-0.4, -0.2) is 11.5 Å². The van der Waals surface area contributed by atoms with Gasteiger partial charge in [0.15, 0.2) is 0 Å². The van der Waals surface area contributed by atoms with Crippen LogP contribution in [-0.2, 0) is 6.54 Å². The van der Waals surface area contributed by atoms with Crippen LogP contribution in [0.4, 0.5) is 4.39 Å². The zero-order valence-corrected chi connectivity index (χ0v) is 11.6. The Morgan fingerprint density at radius 1 is 1.39 bits per heavy atom. The minimum absolute atomic E-state index is 0.335. The molecule has 1 N–H and O–H groups in total. The molecule has 0 amide bonds. The Kier molecular flexibility index (Phi) is 4.69. The molecule has 0 spiro atoms. The summed E-state index contributed by atoms with van der Waals surface area (Å²) in [7, 11) is 0. The molecular formula is C13H14ClFN2S. The van der Waals surface area contributed by atoms with Crippen molar-refractivity contribution in [1.82, 2.24) is 10.3 Å². The number of thiazole rings is 1. The maximum absolute atomic E-state index is 13.2. The minimum atomic E-state index is -0.335. The molecule has 0 aliphatic heterocycles. The summed E-state index contributed by atoms with van der Waals surface area (Å²) in [5.41, 5.74) is 1.70. The van der Waals surface area contributed by atoms with Gasteiger partial charge < -0.3 is 5.32 Å². The first-order chi connectivity index (χ1) is 8.69. The molecular weight excluding hydrogens is 271 g/mol. The van der Waals surface area contributed by atoms with Crippen molar-refractivity contribution >= 4 is 22.9 Å². The molecule has 2 aromatic rings. The van der Waals surface area contributed by atoms with Gasteiger partial charge in [-0.2, -0.15) is 0 Å². The Hall–Kier alpha value is -0.970. The van der Waals surface area contributed by atoms with E-state index in [2.05, 4.69) is 17.2 Å². The summed E-state index contributed by atoms with van der Waals surface area (Å²) in [6.07, 6.45) is 1.09. The Balaban J connectivity index is 2.13. The first kappa shape index (κ1) is 13.5. The SMILES string of the molecule is CCCNCc1csc(-c2cc(F)cc(Cl)c2)n1. The summed E-state index contributed by atoms with van der Waals surface area (Å²) in [5, 5.41) is 6.46. The summed E-state index contributed by atoms with van der Waals surface area (Å²) in [5.74, 6) is -0.335. The summed E-state index contributed by atoms with van der Waals surface area (Å²) in [4.78, 5) is 4.47. The van der Waals surface area contributed by atoms with Gasteiger partial charge in [-0.1, -0.05) is 18.5 Å². The molecule has 18 heavy (non-hydrogen) atoms. The Bertz CT molecular complexity index is 507. The van der Waals surface area contributed by atoms with E-state index in [0.29, 0.717) is 5.02 Å². The van der Waals surface area contributed by atoms with Gasteiger partial charge in [0.05, 0.1) is 5.69 Å². The van der Waals surface area contributed by atoms with E-state index in [-0.39, 0.29) is 5.82 Å². The lowest BCUT2D eigenvalue weighted by atomic mass is 10.2. The maximum Gasteiger partial charge on any atom is 0.125 e. The molecule has 0 fully saturated rings. The molecule has 2 rings (SSSR count). The van der Waals surface area contributed by atoms with Crippen molar-refractivity contribution < 1.29 is 4.39 Å². The predicted octanol–water partition coefficient (Wildman–Crippen LogP) is 4.10. The highest BCUT2D eigenvalue weighted by Gasteiger charge is 2.07. The molecule has 0 radical (unpaired) electrons. The van der Waals surface area contributed by atoms with Crippen LogP contribution in [0.15, 0.2) is 23.6 Å². The van der Waals surface area contributed by atoms with Crippen LogP contribution in [0.3, 0.4) is 0 Å². The lowest BCUT2D eigenvalue weighted by molar-refractivity contribution is 0.628. The summed E-state index contributed by atoms with van der Waals surface area (Å²) < 4.78 is 13.2. The van der Waals surface area contributed by atoms with Crippen molar-refractivity contribution in [1.29, 1.82) is 0 Å². The van der Waals surface area contributed by atoms with E-state index in [1.807, 2.05) is 5.38 Å². The zero-order valence-electron chi connectivity index (χ0n) is 10.0. The maximum atomic E-state index is 13.2. The van der Waals surface area contributed by atoms with Crippen LogP contribution in [0.5, 0.6) is 0 Å². The summed E-state index contributed by atoms with van der Waals surface area (Å²) >= 11 is 7.34. The molecule has 0 saturated carbocycles. The molecule has 0 aliphatic rings. The second kappa shape index (κ2) is 6.27. The number of hydrogen-bond donors (Lipinski definition) is 1. The van der Waals surface area contributed by atoms with Gasteiger partial charge in [0.25, 0.3) is 0 Å². The Morgan fingerprint density at radius 3 is 2.94 bits per heavy atom. The lowest BCUT2D eigenvalue weighted by Crippen LogP contribution is -2.13. The lowest BCUT2D eigenvalue weighted by Gasteiger charge is -1.99. The van der Waals surface area contributed by atoms with Crippen LogP contribution in [0.25, 0.3) is 10.6 Å². The van der Waals surface area contributed by atoms with E-state index in [1.165, 1.54) is 23.5 Å². The molecule has 0 bridgehead atoms. The largest absolute Gasteiger partial charge is 0.311 e. The first-order valence-corrected chi connectivity index (χ1v) is 7.06. The number of hydrogen-bond acceptors (Lipinski definition) is 3. The third-order valence-corrected chi connectivity index (χ3v) is 3.55. The van der Waals surface area contributed by atoms with Crippen LogP contribution < -0.4 is 5.32 Å². The third-order valence-electron chi connectivity index (χ3n) is 2.39. The van der Waals surface area contributed by atoms with Gasteiger partial charge >= 0.3 is 0 Å². The highest BCUT2D eigenvalue weighted by Crippen LogP contribution is 2.27. The van der Waals surface area contributed by atoms with E-state index in [1.54, 1.807) is 6.07 Å². The normalized spacial score (nSPS) is 10.8. The van der Waals surface area contributed by atoms with Crippen LogP contribution in [0.1, 0.15) is 19.0 Å². The molecule has 0 aliphatic carbocycles. The van der Waals surface area contributed by atoms with Gasteiger partial charge in [-0.3, -0.25) is 0 Å². The molecule has 2 nitrogen and oxygen atoms in total. The summed E-state index contributed by atoms with van der Waals surface area (Å²) in [6.45, 7) is 3.83.